The van der Waals surface area contributed by atoms with Crippen LogP contribution >= 0.6 is 0 Å². The Morgan fingerprint density at radius 2 is 1.62 bits per heavy atom. The van der Waals surface area contributed by atoms with Crippen LogP contribution in [0, 0.1) is 6.92 Å². The average Bonchev–Trinajstić information content (AvgIpc) is 3.42. The van der Waals surface area contributed by atoms with Gasteiger partial charge in [0.2, 0.25) is 6.79 Å². The molecule has 170 valence electrons. The molecule has 3 aromatic rings. The Balaban J connectivity index is 1.38. The molecule has 0 atom stereocenters. The first kappa shape index (κ1) is 20.5. The Hall–Kier alpha value is -4.06. The molecule has 0 fully saturated rings. The molecular weight excluding hydrogens is 428 g/mol. The van der Waals surface area contributed by atoms with Gasteiger partial charge in [-0.1, -0.05) is 60.2 Å². The van der Waals surface area contributed by atoms with Crippen LogP contribution in [0.25, 0.3) is 5.57 Å². The van der Waals surface area contributed by atoms with Crippen molar-refractivity contribution in [1.29, 1.82) is 0 Å². The summed E-state index contributed by atoms with van der Waals surface area (Å²) in [5.41, 5.74) is 6.15. The van der Waals surface area contributed by atoms with Gasteiger partial charge in [0.05, 0.1) is 12.1 Å². The van der Waals surface area contributed by atoms with Crippen molar-refractivity contribution in [1.82, 2.24) is 9.80 Å². The summed E-state index contributed by atoms with van der Waals surface area (Å²) in [7, 11) is 0. The van der Waals surface area contributed by atoms with Crippen molar-refractivity contribution >= 4 is 17.4 Å². The Labute approximate surface area is 198 Å². The number of benzene rings is 3. The fourth-order valence-corrected chi connectivity index (χ4v) is 4.89. The highest BCUT2D eigenvalue weighted by Crippen LogP contribution is 2.37. The zero-order valence-corrected chi connectivity index (χ0v) is 18.9. The Bertz CT molecular complexity index is 1340. The molecule has 0 aliphatic carbocycles. The first-order valence-electron chi connectivity index (χ1n) is 11.5. The van der Waals surface area contributed by atoms with E-state index in [9.17, 15) is 9.59 Å². The van der Waals surface area contributed by atoms with Crippen LogP contribution in [0.3, 0.4) is 0 Å². The summed E-state index contributed by atoms with van der Waals surface area (Å²) in [5.74, 6) is 0.795. The molecule has 6 nitrogen and oxygen atoms in total. The predicted octanol–water partition coefficient (Wildman–Crippen LogP) is 4.06. The van der Waals surface area contributed by atoms with E-state index in [0.29, 0.717) is 35.9 Å². The summed E-state index contributed by atoms with van der Waals surface area (Å²) in [6, 6.07) is 21.6. The van der Waals surface area contributed by atoms with E-state index in [1.807, 2.05) is 61.5 Å². The van der Waals surface area contributed by atoms with Gasteiger partial charge in [0.15, 0.2) is 11.5 Å². The molecule has 0 N–H and O–H groups in total. The van der Waals surface area contributed by atoms with Gasteiger partial charge in [0.25, 0.3) is 11.8 Å². The van der Waals surface area contributed by atoms with Crippen LogP contribution in [0.2, 0.25) is 0 Å². The summed E-state index contributed by atoms with van der Waals surface area (Å²) in [6.45, 7) is 3.67. The molecule has 34 heavy (non-hydrogen) atoms. The van der Waals surface area contributed by atoms with Gasteiger partial charge in [-0.3, -0.25) is 14.5 Å². The number of hydrogen-bond acceptors (Lipinski definition) is 5. The minimum Gasteiger partial charge on any atom is -0.454 e. The quantitative estimate of drug-likeness (QED) is 0.559. The van der Waals surface area contributed by atoms with E-state index in [0.717, 1.165) is 23.1 Å². The van der Waals surface area contributed by atoms with Crippen LogP contribution in [-0.4, -0.2) is 35.0 Å². The molecular formula is C28H24N2O4. The van der Waals surface area contributed by atoms with Gasteiger partial charge >= 0.3 is 0 Å². The minimum atomic E-state index is -0.264. The fraction of sp³-hybridized carbons (Fsp3) is 0.214. The highest BCUT2D eigenvalue weighted by Gasteiger charge is 2.42. The normalized spacial score (nSPS) is 17.0. The maximum Gasteiger partial charge on any atom is 0.278 e. The number of carbonyl (C=O) groups excluding carboxylic acids is 2. The fourth-order valence-electron chi connectivity index (χ4n) is 4.89. The Morgan fingerprint density at radius 1 is 0.853 bits per heavy atom. The topological polar surface area (TPSA) is 59.1 Å². The molecule has 0 saturated heterocycles. The smallest absolute Gasteiger partial charge is 0.278 e. The molecule has 3 aliphatic heterocycles. The molecule has 0 bridgehead atoms. The number of nitrogens with zero attached hydrogens (tertiary/aromatic N) is 2. The Morgan fingerprint density at radius 3 is 2.44 bits per heavy atom. The van der Waals surface area contributed by atoms with E-state index in [-0.39, 0.29) is 25.2 Å². The van der Waals surface area contributed by atoms with Gasteiger partial charge in [-0.15, -0.1) is 0 Å². The zero-order chi connectivity index (χ0) is 23.2. The van der Waals surface area contributed by atoms with Crippen molar-refractivity contribution in [3.63, 3.8) is 0 Å². The highest BCUT2D eigenvalue weighted by molar-refractivity contribution is 6.35. The van der Waals surface area contributed by atoms with Crippen molar-refractivity contribution in [2.75, 3.05) is 13.3 Å². The first-order valence-corrected chi connectivity index (χ1v) is 11.5. The number of hydrogen-bond donors (Lipinski definition) is 0. The number of carbonyl (C=O) groups is 2. The number of rotatable bonds is 4. The predicted molar refractivity (Wildman–Crippen MR) is 127 cm³/mol. The molecule has 0 unspecified atom stereocenters. The zero-order valence-electron chi connectivity index (χ0n) is 18.9. The number of ether oxygens (including phenoxy) is 2. The van der Waals surface area contributed by atoms with Crippen LogP contribution in [0.5, 0.6) is 11.5 Å². The van der Waals surface area contributed by atoms with Crippen LogP contribution in [0.15, 0.2) is 72.4 Å². The molecule has 0 radical (unpaired) electrons. The third-order valence-electron chi connectivity index (χ3n) is 6.71. The molecule has 3 heterocycles. The van der Waals surface area contributed by atoms with Gasteiger partial charge < -0.3 is 14.4 Å². The third-order valence-corrected chi connectivity index (χ3v) is 6.71. The second kappa shape index (κ2) is 8.06. The number of amides is 2. The van der Waals surface area contributed by atoms with E-state index in [2.05, 4.69) is 17.0 Å². The lowest BCUT2D eigenvalue weighted by atomic mass is 9.97. The molecule has 6 rings (SSSR count). The largest absolute Gasteiger partial charge is 0.454 e. The van der Waals surface area contributed by atoms with Gasteiger partial charge in [0.1, 0.15) is 5.70 Å². The minimum absolute atomic E-state index is 0.178. The number of fused-ring (bicyclic) bond motifs is 2. The highest BCUT2D eigenvalue weighted by atomic mass is 16.7. The summed E-state index contributed by atoms with van der Waals surface area (Å²) in [4.78, 5) is 30.9. The standard InChI is InChI=1S/C28H24N2O4/c1-18-6-9-21(10-7-18)25-26(29-13-12-20-4-2-3-5-22(20)16-29)28(32)30(27(25)31)15-19-8-11-23-24(14-19)34-17-33-23/h2-11,14H,12-13,15-17H2,1H3. The van der Waals surface area contributed by atoms with Crippen molar-refractivity contribution in [3.8, 4) is 11.5 Å². The molecule has 0 saturated carbocycles. The van der Waals surface area contributed by atoms with Crippen molar-refractivity contribution in [2.24, 2.45) is 0 Å². The van der Waals surface area contributed by atoms with Crippen molar-refractivity contribution in [3.05, 3.63) is 100 Å². The summed E-state index contributed by atoms with van der Waals surface area (Å²) in [5, 5.41) is 0. The van der Waals surface area contributed by atoms with E-state index < -0.39 is 0 Å². The maximum atomic E-state index is 13.8. The van der Waals surface area contributed by atoms with Gasteiger partial charge in [-0.05, 0) is 47.7 Å². The summed E-state index contributed by atoms with van der Waals surface area (Å²) >= 11 is 0. The first-order chi connectivity index (χ1) is 16.6. The third kappa shape index (κ3) is 3.43. The molecule has 3 aliphatic rings. The molecule has 0 spiro atoms. The SMILES string of the molecule is Cc1ccc(C2=C(N3CCc4ccccc4C3)C(=O)N(Cc3ccc4c(c3)OCO4)C2=O)cc1. The van der Waals surface area contributed by atoms with Gasteiger partial charge in [0, 0.05) is 13.1 Å². The van der Waals surface area contributed by atoms with Crippen LogP contribution < -0.4 is 9.47 Å². The number of imide groups is 1. The molecule has 2 amide bonds. The Kier molecular flexibility index (Phi) is 4.87. The second-order valence-corrected chi connectivity index (χ2v) is 8.91. The van der Waals surface area contributed by atoms with E-state index in [1.165, 1.54) is 16.0 Å². The van der Waals surface area contributed by atoms with Crippen LogP contribution in [0.4, 0.5) is 0 Å². The monoisotopic (exact) mass is 452 g/mol. The van der Waals surface area contributed by atoms with Crippen molar-refractivity contribution < 1.29 is 19.1 Å². The van der Waals surface area contributed by atoms with Gasteiger partial charge in [-0.2, -0.15) is 0 Å². The van der Waals surface area contributed by atoms with Crippen LogP contribution in [0.1, 0.15) is 27.8 Å². The van der Waals surface area contributed by atoms with Crippen LogP contribution in [-0.2, 0) is 29.1 Å². The second-order valence-electron chi connectivity index (χ2n) is 8.91. The average molecular weight is 453 g/mol. The molecule has 3 aromatic carbocycles. The molecule has 6 heteroatoms. The molecule has 0 aromatic heterocycles. The summed E-state index contributed by atoms with van der Waals surface area (Å²) < 4.78 is 10.9. The van der Waals surface area contributed by atoms with E-state index >= 15 is 0 Å². The van der Waals surface area contributed by atoms with E-state index in [4.69, 9.17) is 9.47 Å². The lowest BCUT2D eigenvalue weighted by Gasteiger charge is -2.31. The summed E-state index contributed by atoms with van der Waals surface area (Å²) in [6.07, 6.45) is 0.838. The lowest BCUT2D eigenvalue weighted by Crippen LogP contribution is -2.37. The number of aryl methyl sites for hydroxylation is 1. The van der Waals surface area contributed by atoms with Crippen molar-refractivity contribution in [2.45, 2.75) is 26.4 Å². The maximum absolute atomic E-state index is 13.8. The lowest BCUT2D eigenvalue weighted by molar-refractivity contribution is -0.138. The van der Waals surface area contributed by atoms with E-state index in [1.54, 1.807) is 0 Å². The van der Waals surface area contributed by atoms with Gasteiger partial charge in [-0.25, -0.2) is 0 Å².